The molecule has 4 atom stereocenters. The number of hydrogen-bond donors (Lipinski definition) is 2. The van der Waals surface area contributed by atoms with Gasteiger partial charge in [-0.2, -0.15) is 0 Å². The van der Waals surface area contributed by atoms with E-state index in [4.69, 9.17) is 33.7 Å². The zero-order chi connectivity index (χ0) is 26.7. The summed E-state index contributed by atoms with van der Waals surface area (Å²) >= 11 is 12.5. The molecule has 2 fully saturated rings. The molecule has 1 saturated heterocycles. The lowest BCUT2D eigenvalue weighted by Crippen LogP contribution is -2.53. The molecule has 2 aromatic rings. The van der Waals surface area contributed by atoms with Crippen LogP contribution in [-0.2, 0) is 19.1 Å². The van der Waals surface area contributed by atoms with Crippen LogP contribution in [0.1, 0.15) is 62.1 Å². The Morgan fingerprint density at radius 2 is 1.84 bits per heavy atom. The number of likely N-dealkylation sites (tertiary alicyclic amines) is 1. The minimum atomic E-state index is -1.02. The van der Waals surface area contributed by atoms with Crippen LogP contribution in [-0.4, -0.2) is 47.0 Å². The molecule has 1 unspecified atom stereocenters. The van der Waals surface area contributed by atoms with E-state index in [0.717, 1.165) is 11.1 Å². The number of nitrogens with two attached hydrogens (primary N) is 1. The monoisotopic (exact) mass is 546 g/mol. The number of ether oxygens (including phenoxy) is 1. The number of amides is 2. The van der Waals surface area contributed by atoms with Crippen molar-refractivity contribution in [2.75, 3.05) is 13.2 Å². The molecule has 7 nitrogen and oxygen atoms in total. The highest BCUT2D eigenvalue weighted by Crippen LogP contribution is 2.48. The van der Waals surface area contributed by atoms with Crippen molar-refractivity contribution in [3.8, 4) is 0 Å². The molecule has 3 N–H and O–H groups in total. The molecule has 1 heterocycles. The Hall–Kier alpha value is -2.61. The van der Waals surface area contributed by atoms with Crippen LogP contribution in [0.3, 0.4) is 0 Å². The Balaban J connectivity index is 1.73. The number of primary amides is 1. The fraction of sp³-hybridized carbons (Fsp3) is 0.464. The Kier molecular flexibility index (Phi) is 8.46. The fourth-order valence-electron chi connectivity index (χ4n) is 5.37. The van der Waals surface area contributed by atoms with Gasteiger partial charge < -0.3 is 20.5 Å². The first-order valence-corrected chi connectivity index (χ1v) is 13.3. The van der Waals surface area contributed by atoms with Crippen molar-refractivity contribution < 1.29 is 24.2 Å². The smallest absolute Gasteiger partial charge is 0.304 e. The van der Waals surface area contributed by atoms with Crippen LogP contribution >= 0.6 is 23.2 Å². The molecule has 2 aromatic carbocycles. The number of rotatable bonds is 11. The number of aliphatic carboxylic acids is 1. The van der Waals surface area contributed by atoms with E-state index < -0.39 is 17.3 Å². The third-order valence-corrected chi connectivity index (χ3v) is 8.15. The lowest BCUT2D eigenvalue weighted by atomic mass is 9.74. The predicted molar refractivity (Wildman–Crippen MR) is 141 cm³/mol. The highest BCUT2D eigenvalue weighted by Gasteiger charge is 2.50. The normalized spacial score (nSPS) is 23.5. The summed E-state index contributed by atoms with van der Waals surface area (Å²) in [6.45, 7) is 2.39. The van der Waals surface area contributed by atoms with E-state index in [1.807, 2.05) is 37.3 Å². The van der Waals surface area contributed by atoms with Crippen molar-refractivity contribution in [3.63, 3.8) is 0 Å². The van der Waals surface area contributed by atoms with E-state index in [1.54, 1.807) is 23.1 Å². The van der Waals surface area contributed by atoms with Crippen molar-refractivity contribution in [1.29, 1.82) is 0 Å². The zero-order valence-electron chi connectivity index (χ0n) is 20.7. The summed E-state index contributed by atoms with van der Waals surface area (Å²) in [5.74, 6) is -2.49. The molecule has 4 rings (SSSR count). The van der Waals surface area contributed by atoms with Crippen molar-refractivity contribution in [2.45, 2.75) is 57.0 Å². The second kappa shape index (κ2) is 11.4. The predicted octanol–water partition coefficient (Wildman–Crippen LogP) is 5.20. The van der Waals surface area contributed by atoms with Crippen LogP contribution in [0.15, 0.2) is 48.5 Å². The summed E-state index contributed by atoms with van der Waals surface area (Å²) in [5, 5.41) is 10.7. The molecule has 198 valence electrons. The summed E-state index contributed by atoms with van der Waals surface area (Å²) in [5.41, 5.74) is 6.77. The third kappa shape index (κ3) is 6.11. The average Bonchev–Trinajstić information content (AvgIpc) is 3.65. The molecule has 2 aliphatic rings. The first kappa shape index (κ1) is 27.4. The lowest BCUT2D eigenvalue weighted by Gasteiger charge is -2.48. The molecule has 1 saturated carbocycles. The largest absolute Gasteiger partial charge is 0.481 e. The maximum atomic E-state index is 13.9. The maximum Gasteiger partial charge on any atom is 0.304 e. The summed E-state index contributed by atoms with van der Waals surface area (Å²) < 4.78 is 6.00. The fourth-order valence-corrected chi connectivity index (χ4v) is 5.70. The van der Waals surface area contributed by atoms with Gasteiger partial charge in [-0.15, -0.1) is 0 Å². The van der Waals surface area contributed by atoms with E-state index in [1.165, 1.54) is 0 Å². The lowest BCUT2D eigenvalue weighted by molar-refractivity contribution is -0.154. The quantitative estimate of drug-likeness (QED) is 0.402. The van der Waals surface area contributed by atoms with Gasteiger partial charge in [0.15, 0.2) is 0 Å². The molecule has 1 aliphatic heterocycles. The number of benzene rings is 2. The molecule has 0 bridgehead atoms. The number of halogens is 2. The van der Waals surface area contributed by atoms with Crippen molar-refractivity contribution in [1.82, 2.24) is 4.90 Å². The Morgan fingerprint density at radius 3 is 2.41 bits per heavy atom. The molecule has 9 heteroatoms. The van der Waals surface area contributed by atoms with Crippen LogP contribution in [0, 0.1) is 11.3 Å². The minimum absolute atomic E-state index is 0.198. The van der Waals surface area contributed by atoms with Gasteiger partial charge in [-0.3, -0.25) is 14.4 Å². The van der Waals surface area contributed by atoms with E-state index >= 15 is 0 Å². The highest BCUT2D eigenvalue weighted by atomic mass is 35.5. The van der Waals surface area contributed by atoms with Crippen molar-refractivity contribution in [3.05, 3.63) is 69.7 Å². The molecular weight excluding hydrogens is 515 g/mol. The first-order chi connectivity index (χ1) is 17.6. The van der Waals surface area contributed by atoms with Gasteiger partial charge >= 0.3 is 5.97 Å². The first-order valence-electron chi connectivity index (χ1n) is 12.6. The molecular formula is C28H32Cl2N2O5. The molecule has 0 spiro atoms. The molecule has 1 aliphatic carbocycles. The van der Waals surface area contributed by atoms with Gasteiger partial charge in [-0.25, -0.2) is 0 Å². The van der Waals surface area contributed by atoms with Crippen LogP contribution in [0.25, 0.3) is 0 Å². The van der Waals surface area contributed by atoms with Gasteiger partial charge in [-0.05, 0) is 61.1 Å². The molecule has 2 amide bonds. The average molecular weight is 547 g/mol. The molecule has 0 aromatic heterocycles. The van der Waals surface area contributed by atoms with Gasteiger partial charge in [0.25, 0.3) is 0 Å². The van der Waals surface area contributed by atoms with Gasteiger partial charge in [-0.1, -0.05) is 54.4 Å². The van der Waals surface area contributed by atoms with E-state index in [0.29, 0.717) is 35.7 Å². The Morgan fingerprint density at radius 1 is 1.14 bits per heavy atom. The maximum absolute atomic E-state index is 13.9. The standard InChI is InChI=1S/C28H32Cl2N2O5/c1-2-22(15-37-16-28(10-11-28)27(31)36)32-25(17-6-8-20(29)9-7-17)23(18-4-3-5-21(30)12-18)13-19(26(32)35)14-24(33)34/h3-9,12,19,22-23,25H,2,10-11,13-16H2,1H3,(H2,31,36)(H,33,34)/t19-,22+,23-,25?/m1/s1. The van der Waals surface area contributed by atoms with E-state index in [-0.39, 0.29) is 49.5 Å². The van der Waals surface area contributed by atoms with Gasteiger partial charge in [0.05, 0.1) is 37.1 Å². The highest BCUT2D eigenvalue weighted by molar-refractivity contribution is 6.30. The second-order valence-corrected chi connectivity index (χ2v) is 11.0. The number of nitrogens with zero attached hydrogens (tertiary/aromatic N) is 1. The Bertz CT molecular complexity index is 1150. The van der Waals surface area contributed by atoms with Crippen LogP contribution < -0.4 is 5.73 Å². The number of carbonyl (C=O) groups is 3. The van der Waals surface area contributed by atoms with Crippen LogP contribution in [0.5, 0.6) is 0 Å². The minimum Gasteiger partial charge on any atom is -0.481 e. The third-order valence-electron chi connectivity index (χ3n) is 7.66. The van der Waals surface area contributed by atoms with Crippen LogP contribution in [0.4, 0.5) is 0 Å². The van der Waals surface area contributed by atoms with Gasteiger partial charge in [0.2, 0.25) is 11.8 Å². The van der Waals surface area contributed by atoms with E-state index in [2.05, 4.69) is 0 Å². The number of carboxylic acids is 1. The van der Waals surface area contributed by atoms with Gasteiger partial charge in [0.1, 0.15) is 0 Å². The Labute approximate surface area is 226 Å². The molecule has 37 heavy (non-hydrogen) atoms. The van der Waals surface area contributed by atoms with Crippen LogP contribution in [0.2, 0.25) is 10.0 Å². The summed E-state index contributed by atoms with van der Waals surface area (Å²) in [4.78, 5) is 39.3. The van der Waals surface area contributed by atoms with Crippen molar-refractivity contribution in [2.24, 2.45) is 17.1 Å². The molecule has 0 radical (unpaired) electrons. The zero-order valence-corrected chi connectivity index (χ0v) is 22.3. The SMILES string of the molecule is CC[C@@H](COCC1(C(N)=O)CC1)N1C(=O)[C@@H](CC(=O)O)C[C@H](c2cccc(Cl)c2)C1c1ccc(Cl)cc1. The summed E-state index contributed by atoms with van der Waals surface area (Å²) in [6.07, 6.45) is 2.10. The summed E-state index contributed by atoms with van der Waals surface area (Å²) in [6, 6.07) is 14.2. The van der Waals surface area contributed by atoms with Gasteiger partial charge in [0, 0.05) is 21.9 Å². The topological polar surface area (TPSA) is 110 Å². The number of carbonyl (C=O) groups excluding carboxylic acids is 2. The number of hydrogen-bond acceptors (Lipinski definition) is 4. The van der Waals surface area contributed by atoms with E-state index in [9.17, 15) is 19.5 Å². The van der Waals surface area contributed by atoms with Crippen molar-refractivity contribution >= 4 is 41.0 Å². The number of piperidine rings is 1. The second-order valence-electron chi connectivity index (χ2n) is 10.2. The summed E-state index contributed by atoms with van der Waals surface area (Å²) in [7, 11) is 0. The number of carboxylic acid groups (broad SMARTS) is 1.